The van der Waals surface area contributed by atoms with Crippen LogP contribution in [0.1, 0.15) is 57.5 Å². The number of piperidine rings is 2. The van der Waals surface area contributed by atoms with E-state index in [9.17, 15) is 24.3 Å². The first kappa shape index (κ1) is 23.5. The molecule has 188 valence electrons. The summed E-state index contributed by atoms with van der Waals surface area (Å²) in [4.78, 5) is 53.3. The molecule has 0 aliphatic carbocycles. The summed E-state index contributed by atoms with van der Waals surface area (Å²) in [6.07, 6.45) is 1.18. The van der Waals surface area contributed by atoms with Crippen LogP contribution in [0.15, 0.2) is 60.7 Å². The van der Waals surface area contributed by atoms with E-state index in [0.717, 1.165) is 11.4 Å². The normalized spacial score (nSPS) is 21.9. The van der Waals surface area contributed by atoms with Crippen LogP contribution in [0.4, 0.5) is 0 Å². The molecule has 3 heterocycles. The van der Waals surface area contributed by atoms with Crippen LogP contribution in [-0.4, -0.2) is 57.7 Å². The molecule has 0 saturated carbocycles. The highest BCUT2D eigenvalue weighted by molar-refractivity contribution is 6.23. The summed E-state index contributed by atoms with van der Waals surface area (Å²) in [5.41, 5.74) is 1.14. The number of nitrogens with zero attached hydrogens (tertiary/aromatic N) is 2. The summed E-state index contributed by atoms with van der Waals surface area (Å²) >= 11 is 0. The molecule has 8 nitrogen and oxygen atoms in total. The Morgan fingerprint density at radius 1 is 0.892 bits per heavy atom. The summed E-state index contributed by atoms with van der Waals surface area (Å²) in [5.74, 6) is -2.15. The molecule has 0 bridgehead atoms. The Hall–Kier alpha value is -3.88. The van der Waals surface area contributed by atoms with Gasteiger partial charge in [-0.25, -0.2) is 0 Å². The van der Waals surface area contributed by atoms with E-state index in [1.807, 2.05) is 12.1 Å². The van der Waals surface area contributed by atoms with Crippen molar-refractivity contribution in [1.29, 1.82) is 0 Å². The minimum absolute atomic E-state index is 0.0735. The zero-order chi connectivity index (χ0) is 25.7. The fourth-order valence-corrected chi connectivity index (χ4v) is 5.80. The minimum atomic E-state index is -1.12. The SMILES string of the molecule is O=C1CCC(N2C(=O)c3ccc(C4(O)CCN(Cc5cccc6ccccc56)CC4)cc3C2=O)C(=O)N1. The van der Waals surface area contributed by atoms with Crippen molar-refractivity contribution in [3.63, 3.8) is 0 Å². The molecule has 0 radical (unpaired) electrons. The average molecular weight is 498 g/mol. The van der Waals surface area contributed by atoms with Crippen LogP contribution in [-0.2, 0) is 21.7 Å². The molecule has 6 rings (SSSR count). The molecule has 3 aliphatic rings. The molecular weight excluding hydrogens is 470 g/mol. The van der Waals surface area contributed by atoms with Gasteiger partial charge in [0.15, 0.2) is 0 Å². The fourth-order valence-electron chi connectivity index (χ4n) is 5.80. The molecule has 3 aromatic carbocycles. The number of nitrogens with one attached hydrogen (secondary N) is 1. The van der Waals surface area contributed by atoms with Crippen molar-refractivity contribution in [1.82, 2.24) is 15.1 Å². The first-order chi connectivity index (χ1) is 17.8. The zero-order valence-corrected chi connectivity index (χ0v) is 20.3. The molecule has 3 aromatic rings. The minimum Gasteiger partial charge on any atom is -0.385 e. The molecule has 2 saturated heterocycles. The molecule has 2 fully saturated rings. The van der Waals surface area contributed by atoms with E-state index in [1.165, 1.54) is 16.3 Å². The number of aliphatic hydroxyl groups is 1. The second-order valence-corrected chi connectivity index (χ2v) is 10.2. The third kappa shape index (κ3) is 4.02. The van der Waals surface area contributed by atoms with E-state index < -0.39 is 35.3 Å². The van der Waals surface area contributed by atoms with Gasteiger partial charge in [-0.15, -0.1) is 0 Å². The number of hydrogen-bond acceptors (Lipinski definition) is 6. The number of hydrogen-bond donors (Lipinski definition) is 2. The van der Waals surface area contributed by atoms with Crippen LogP contribution in [0.3, 0.4) is 0 Å². The van der Waals surface area contributed by atoms with E-state index in [0.29, 0.717) is 31.5 Å². The average Bonchev–Trinajstić information content (AvgIpc) is 3.15. The van der Waals surface area contributed by atoms with Crippen molar-refractivity contribution >= 4 is 34.4 Å². The van der Waals surface area contributed by atoms with Crippen molar-refractivity contribution in [3.05, 3.63) is 82.9 Å². The van der Waals surface area contributed by atoms with Gasteiger partial charge >= 0.3 is 0 Å². The molecular formula is C29H27N3O5. The summed E-state index contributed by atoms with van der Waals surface area (Å²) in [5, 5.41) is 16.2. The second kappa shape index (κ2) is 8.90. The zero-order valence-electron chi connectivity index (χ0n) is 20.3. The molecule has 1 atom stereocenters. The Morgan fingerprint density at radius 2 is 1.62 bits per heavy atom. The monoisotopic (exact) mass is 497 g/mol. The predicted molar refractivity (Wildman–Crippen MR) is 135 cm³/mol. The van der Waals surface area contributed by atoms with E-state index in [-0.39, 0.29) is 24.0 Å². The number of rotatable bonds is 4. The lowest BCUT2D eigenvalue weighted by atomic mass is 9.83. The first-order valence-electron chi connectivity index (χ1n) is 12.6. The lowest BCUT2D eigenvalue weighted by Crippen LogP contribution is -2.54. The lowest BCUT2D eigenvalue weighted by molar-refractivity contribution is -0.136. The maximum atomic E-state index is 13.2. The van der Waals surface area contributed by atoms with Gasteiger partial charge in [-0.3, -0.25) is 34.3 Å². The Bertz CT molecular complexity index is 1450. The first-order valence-corrected chi connectivity index (χ1v) is 12.6. The molecule has 8 heteroatoms. The Kier molecular flexibility index (Phi) is 5.66. The largest absolute Gasteiger partial charge is 0.385 e. The fraction of sp³-hybridized carbons (Fsp3) is 0.310. The third-order valence-corrected chi connectivity index (χ3v) is 7.93. The Balaban J connectivity index is 1.18. The number of amides is 4. The molecule has 2 N–H and O–H groups in total. The van der Waals surface area contributed by atoms with Crippen molar-refractivity contribution in [2.24, 2.45) is 0 Å². The van der Waals surface area contributed by atoms with Gasteiger partial charge in [0.25, 0.3) is 11.8 Å². The number of likely N-dealkylation sites (tertiary alicyclic amines) is 1. The number of fused-ring (bicyclic) bond motifs is 2. The van der Waals surface area contributed by atoms with E-state index >= 15 is 0 Å². The number of imide groups is 2. The summed E-state index contributed by atoms with van der Waals surface area (Å²) in [7, 11) is 0. The van der Waals surface area contributed by atoms with E-state index in [2.05, 4.69) is 40.5 Å². The number of carbonyl (C=O) groups excluding carboxylic acids is 4. The van der Waals surface area contributed by atoms with Crippen LogP contribution in [0, 0.1) is 0 Å². The van der Waals surface area contributed by atoms with Gasteiger partial charge < -0.3 is 5.11 Å². The number of benzene rings is 3. The van der Waals surface area contributed by atoms with Crippen LogP contribution in [0.25, 0.3) is 10.8 Å². The third-order valence-electron chi connectivity index (χ3n) is 7.93. The van der Waals surface area contributed by atoms with Crippen molar-refractivity contribution in [2.75, 3.05) is 13.1 Å². The predicted octanol–water partition coefficient (Wildman–Crippen LogP) is 2.72. The van der Waals surface area contributed by atoms with Crippen molar-refractivity contribution in [2.45, 2.75) is 43.9 Å². The summed E-state index contributed by atoms with van der Waals surface area (Å²) in [6.45, 7) is 2.16. The lowest BCUT2D eigenvalue weighted by Gasteiger charge is -2.38. The maximum Gasteiger partial charge on any atom is 0.262 e. The molecule has 0 spiro atoms. The van der Waals surface area contributed by atoms with Crippen LogP contribution < -0.4 is 5.32 Å². The van der Waals surface area contributed by atoms with E-state index in [1.54, 1.807) is 18.2 Å². The standard InChI is InChI=1S/C29H27N3O5/c33-25-11-10-24(26(34)30-25)32-27(35)22-9-8-20(16-23(22)28(32)36)29(37)12-14-31(15-13-29)17-19-6-3-5-18-4-1-2-7-21(18)19/h1-9,16,24,37H,10-15,17H2,(H,30,33,34). The van der Waals surface area contributed by atoms with Gasteiger partial charge in [0, 0.05) is 26.1 Å². The molecule has 3 aliphatic heterocycles. The summed E-state index contributed by atoms with van der Waals surface area (Å²) < 4.78 is 0. The van der Waals surface area contributed by atoms with E-state index in [4.69, 9.17) is 0 Å². The second-order valence-electron chi connectivity index (χ2n) is 10.2. The van der Waals surface area contributed by atoms with Crippen molar-refractivity contribution in [3.8, 4) is 0 Å². The van der Waals surface area contributed by atoms with Crippen molar-refractivity contribution < 1.29 is 24.3 Å². The Labute approximate surface area is 213 Å². The molecule has 37 heavy (non-hydrogen) atoms. The van der Waals surface area contributed by atoms with Crippen LogP contribution in [0.2, 0.25) is 0 Å². The smallest absolute Gasteiger partial charge is 0.262 e. The Morgan fingerprint density at radius 3 is 2.41 bits per heavy atom. The highest BCUT2D eigenvalue weighted by Gasteiger charge is 2.45. The topological polar surface area (TPSA) is 107 Å². The summed E-state index contributed by atoms with van der Waals surface area (Å²) in [6, 6.07) is 18.5. The highest BCUT2D eigenvalue weighted by atomic mass is 16.3. The highest BCUT2D eigenvalue weighted by Crippen LogP contribution is 2.37. The number of carbonyl (C=O) groups is 4. The van der Waals surface area contributed by atoms with Gasteiger partial charge in [-0.1, -0.05) is 48.5 Å². The molecule has 1 unspecified atom stereocenters. The van der Waals surface area contributed by atoms with Crippen LogP contribution in [0.5, 0.6) is 0 Å². The van der Waals surface area contributed by atoms with Gasteiger partial charge in [0.2, 0.25) is 11.8 Å². The van der Waals surface area contributed by atoms with Crippen LogP contribution >= 0.6 is 0 Å². The van der Waals surface area contributed by atoms with Gasteiger partial charge in [-0.05, 0) is 53.3 Å². The maximum absolute atomic E-state index is 13.2. The van der Waals surface area contributed by atoms with Gasteiger partial charge in [0.1, 0.15) is 6.04 Å². The van der Waals surface area contributed by atoms with Gasteiger partial charge in [-0.2, -0.15) is 0 Å². The molecule has 4 amide bonds. The van der Waals surface area contributed by atoms with Gasteiger partial charge in [0.05, 0.1) is 16.7 Å². The molecule has 0 aromatic heterocycles. The quantitative estimate of drug-likeness (QED) is 0.537.